The van der Waals surface area contributed by atoms with E-state index in [9.17, 15) is 4.79 Å². The number of hydrogen-bond acceptors (Lipinski definition) is 4. The lowest BCUT2D eigenvalue weighted by Crippen LogP contribution is -2.38. The smallest absolute Gasteiger partial charge is 0.166 e. The molecule has 0 aliphatic heterocycles. The Labute approximate surface area is 101 Å². The van der Waals surface area contributed by atoms with E-state index in [0.717, 1.165) is 25.7 Å². The highest BCUT2D eigenvalue weighted by atomic mass is 16.5. The van der Waals surface area contributed by atoms with Crippen molar-refractivity contribution < 1.29 is 9.53 Å². The first-order chi connectivity index (χ1) is 8.13. The number of Topliss-reactive ketones (excluding diaryl/α,β-unsaturated/α-hetero) is 1. The van der Waals surface area contributed by atoms with Crippen LogP contribution in [0.15, 0.2) is 18.5 Å². The Bertz CT molecular complexity index is 412. The van der Waals surface area contributed by atoms with E-state index >= 15 is 0 Å². The maximum atomic E-state index is 12.1. The van der Waals surface area contributed by atoms with Crippen molar-refractivity contribution in [2.24, 2.45) is 5.73 Å². The zero-order valence-electron chi connectivity index (χ0n) is 10.1. The van der Waals surface area contributed by atoms with Crippen molar-refractivity contribution in [2.45, 2.75) is 37.6 Å². The molecular weight excluding hydrogens is 216 g/mol. The van der Waals surface area contributed by atoms with Crippen molar-refractivity contribution in [3.8, 4) is 5.75 Å². The van der Waals surface area contributed by atoms with E-state index in [-0.39, 0.29) is 11.3 Å². The predicted octanol–water partition coefficient (Wildman–Crippen LogP) is 1.93. The molecule has 0 saturated heterocycles. The fourth-order valence-corrected chi connectivity index (χ4v) is 2.36. The minimum atomic E-state index is -0.305. The van der Waals surface area contributed by atoms with Crippen molar-refractivity contribution in [3.63, 3.8) is 0 Å². The summed E-state index contributed by atoms with van der Waals surface area (Å²) in [4.78, 5) is 16.1. The van der Waals surface area contributed by atoms with Crippen LogP contribution in [-0.4, -0.2) is 23.4 Å². The van der Waals surface area contributed by atoms with Crippen LogP contribution in [0.2, 0.25) is 0 Å². The number of nitrogens with two attached hydrogens (primary N) is 1. The molecule has 1 fully saturated rings. The fraction of sp³-hybridized carbons (Fsp3) is 0.538. The van der Waals surface area contributed by atoms with E-state index in [2.05, 4.69) is 4.98 Å². The Morgan fingerprint density at radius 3 is 2.82 bits per heavy atom. The van der Waals surface area contributed by atoms with Gasteiger partial charge in [0.15, 0.2) is 5.78 Å². The lowest BCUT2D eigenvalue weighted by atomic mass is 9.90. The summed E-state index contributed by atoms with van der Waals surface area (Å²) in [6.07, 6.45) is 7.70. The zero-order valence-corrected chi connectivity index (χ0v) is 10.1. The quantitative estimate of drug-likeness (QED) is 0.808. The van der Waals surface area contributed by atoms with Gasteiger partial charge in [0.25, 0.3) is 0 Å². The number of methoxy groups -OCH3 is 1. The summed E-state index contributed by atoms with van der Waals surface area (Å²) in [6, 6.07) is 1.72. The molecule has 1 heterocycles. The zero-order chi connectivity index (χ0) is 12.3. The second kappa shape index (κ2) is 4.84. The molecule has 0 radical (unpaired) electrons. The molecule has 0 atom stereocenters. The Morgan fingerprint density at radius 2 is 2.18 bits per heavy atom. The number of carbonyl (C=O) groups is 1. The molecule has 1 aliphatic carbocycles. The summed E-state index contributed by atoms with van der Waals surface area (Å²) in [5, 5.41) is 0. The molecule has 17 heavy (non-hydrogen) atoms. The van der Waals surface area contributed by atoms with E-state index in [1.165, 1.54) is 0 Å². The van der Waals surface area contributed by atoms with E-state index < -0.39 is 0 Å². The van der Waals surface area contributed by atoms with Crippen LogP contribution in [0.5, 0.6) is 5.75 Å². The van der Waals surface area contributed by atoms with Gasteiger partial charge in [-0.2, -0.15) is 0 Å². The molecule has 0 spiro atoms. The molecule has 0 bridgehead atoms. The van der Waals surface area contributed by atoms with Crippen LogP contribution in [0.25, 0.3) is 0 Å². The Balaban J connectivity index is 2.08. The average Bonchev–Trinajstić information content (AvgIpc) is 2.76. The normalized spacial score (nSPS) is 18.0. The molecule has 4 nitrogen and oxygen atoms in total. The second-order valence-corrected chi connectivity index (χ2v) is 4.78. The molecule has 92 valence electrons. The average molecular weight is 234 g/mol. The second-order valence-electron chi connectivity index (χ2n) is 4.78. The standard InChI is InChI=1S/C13H18N2O2/c1-17-11-6-10(8-15-9-11)12(16)7-13(14)4-2-3-5-13/h6,8-9H,2-5,7,14H2,1H3. The highest BCUT2D eigenvalue weighted by Gasteiger charge is 2.32. The van der Waals surface area contributed by atoms with Crippen LogP contribution >= 0.6 is 0 Å². The molecule has 1 aliphatic rings. The summed E-state index contributed by atoms with van der Waals surface area (Å²) in [5.74, 6) is 0.661. The first kappa shape index (κ1) is 12.0. The van der Waals surface area contributed by atoms with Crippen LogP contribution in [-0.2, 0) is 0 Å². The minimum Gasteiger partial charge on any atom is -0.495 e. The number of ketones is 1. The lowest BCUT2D eigenvalue weighted by Gasteiger charge is -2.22. The maximum absolute atomic E-state index is 12.1. The van der Waals surface area contributed by atoms with E-state index in [4.69, 9.17) is 10.5 Å². The lowest BCUT2D eigenvalue weighted by molar-refractivity contribution is 0.0951. The molecule has 0 unspecified atom stereocenters. The van der Waals surface area contributed by atoms with E-state index in [0.29, 0.717) is 17.7 Å². The van der Waals surface area contributed by atoms with Crippen molar-refractivity contribution in [1.29, 1.82) is 0 Å². The molecule has 0 amide bonds. The number of carbonyl (C=O) groups excluding carboxylic acids is 1. The number of aromatic nitrogens is 1. The minimum absolute atomic E-state index is 0.0563. The highest BCUT2D eigenvalue weighted by molar-refractivity contribution is 5.96. The van der Waals surface area contributed by atoms with E-state index in [1.54, 1.807) is 25.6 Å². The van der Waals surface area contributed by atoms with Gasteiger partial charge in [-0.1, -0.05) is 12.8 Å². The first-order valence-corrected chi connectivity index (χ1v) is 5.94. The number of nitrogens with zero attached hydrogens (tertiary/aromatic N) is 1. The van der Waals surface area contributed by atoms with Gasteiger partial charge in [-0.05, 0) is 18.9 Å². The largest absolute Gasteiger partial charge is 0.495 e. The number of hydrogen-bond donors (Lipinski definition) is 1. The predicted molar refractivity (Wildman–Crippen MR) is 65.1 cm³/mol. The Morgan fingerprint density at radius 1 is 1.47 bits per heavy atom. The Kier molecular flexibility index (Phi) is 3.43. The molecule has 2 N–H and O–H groups in total. The van der Waals surface area contributed by atoms with Gasteiger partial charge in [0, 0.05) is 23.7 Å². The molecular formula is C13H18N2O2. The van der Waals surface area contributed by atoms with E-state index in [1.807, 2.05) is 0 Å². The molecule has 1 saturated carbocycles. The highest BCUT2D eigenvalue weighted by Crippen LogP contribution is 2.31. The van der Waals surface area contributed by atoms with Crippen molar-refractivity contribution in [3.05, 3.63) is 24.0 Å². The van der Waals surface area contributed by atoms with Crippen LogP contribution in [0, 0.1) is 0 Å². The summed E-state index contributed by atoms with van der Waals surface area (Å²) in [7, 11) is 1.56. The fourth-order valence-electron chi connectivity index (χ4n) is 2.36. The summed E-state index contributed by atoms with van der Waals surface area (Å²) in [6.45, 7) is 0. The number of ether oxygens (including phenoxy) is 1. The summed E-state index contributed by atoms with van der Waals surface area (Å²) in [5.41, 5.74) is 6.47. The number of rotatable bonds is 4. The molecule has 1 aromatic heterocycles. The Hall–Kier alpha value is -1.42. The molecule has 1 aromatic rings. The first-order valence-electron chi connectivity index (χ1n) is 5.94. The van der Waals surface area contributed by atoms with Gasteiger partial charge < -0.3 is 10.5 Å². The summed E-state index contributed by atoms with van der Waals surface area (Å²) < 4.78 is 5.05. The van der Waals surface area contributed by atoms with Crippen LogP contribution in [0.1, 0.15) is 42.5 Å². The van der Waals surface area contributed by atoms with Gasteiger partial charge in [-0.3, -0.25) is 9.78 Å². The number of pyridine rings is 1. The third-order valence-electron chi connectivity index (χ3n) is 3.38. The monoisotopic (exact) mass is 234 g/mol. The van der Waals surface area contributed by atoms with Gasteiger partial charge in [0.05, 0.1) is 13.3 Å². The van der Waals surface area contributed by atoms with Crippen molar-refractivity contribution in [2.75, 3.05) is 7.11 Å². The van der Waals surface area contributed by atoms with Crippen molar-refractivity contribution in [1.82, 2.24) is 4.98 Å². The maximum Gasteiger partial charge on any atom is 0.166 e. The SMILES string of the molecule is COc1cncc(C(=O)CC2(N)CCCC2)c1. The van der Waals surface area contributed by atoms with Crippen molar-refractivity contribution >= 4 is 5.78 Å². The van der Waals surface area contributed by atoms with Crippen LogP contribution < -0.4 is 10.5 Å². The van der Waals surface area contributed by atoms with Crippen LogP contribution in [0.4, 0.5) is 0 Å². The summed E-state index contributed by atoms with van der Waals surface area (Å²) >= 11 is 0. The third-order valence-corrected chi connectivity index (χ3v) is 3.38. The molecule has 0 aromatic carbocycles. The van der Waals surface area contributed by atoms with Gasteiger partial charge in [-0.25, -0.2) is 0 Å². The third kappa shape index (κ3) is 2.82. The van der Waals surface area contributed by atoms with Gasteiger partial charge in [-0.15, -0.1) is 0 Å². The molecule has 2 rings (SSSR count). The van der Waals surface area contributed by atoms with Crippen LogP contribution in [0.3, 0.4) is 0 Å². The molecule has 4 heteroatoms. The van der Waals surface area contributed by atoms with Gasteiger partial charge in [0.2, 0.25) is 0 Å². The topological polar surface area (TPSA) is 65.2 Å². The van der Waals surface area contributed by atoms with Gasteiger partial charge in [0.1, 0.15) is 5.75 Å². The van der Waals surface area contributed by atoms with Gasteiger partial charge >= 0.3 is 0 Å².